The van der Waals surface area contributed by atoms with Gasteiger partial charge in [0.25, 0.3) is 5.91 Å². The number of aromatic nitrogens is 1. The third-order valence-electron chi connectivity index (χ3n) is 11.7. The molecule has 3 amide bonds. The van der Waals surface area contributed by atoms with E-state index in [1.54, 1.807) is 30.3 Å². The number of piperidine rings is 3. The molecule has 7 N–H and O–H groups in total. The van der Waals surface area contributed by atoms with Crippen LogP contribution in [0.5, 0.6) is 11.5 Å². The molecule has 5 aromatic rings. The number of aromatic hydroxyl groups is 1. The van der Waals surface area contributed by atoms with Gasteiger partial charge in [0.15, 0.2) is 0 Å². The minimum Gasteiger partial charge on any atom is -0.506 e. The van der Waals surface area contributed by atoms with Crippen LogP contribution in [0, 0.1) is 5.92 Å². The van der Waals surface area contributed by atoms with Crippen LogP contribution in [0.4, 0.5) is 4.79 Å². The summed E-state index contributed by atoms with van der Waals surface area (Å²) in [6, 6.07) is 27.4. The molecule has 63 heavy (non-hydrogen) atoms. The molecule has 16 heteroatoms. The average molecular weight is 861 g/mol. The highest BCUT2D eigenvalue weighted by atomic mass is 16.6. The predicted octanol–water partition coefficient (Wildman–Crippen LogP) is 4.08. The van der Waals surface area contributed by atoms with Gasteiger partial charge in [-0.05, 0) is 90.5 Å². The molecule has 4 aromatic carbocycles. The molecule has 16 nitrogen and oxygen atoms in total. The number of pyridine rings is 1. The summed E-state index contributed by atoms with van der Waals surface area (Å²) in [5.41, 5.74) is 2.96. The molecule has 2 bridgehead atoms. The largest absolute Gasteiger partial charge is 0.506 e. The molecule has 3 saturated heterocycles. The van der Waals surface area contributed by atoms with Crippen molar-refractivity contribution in [1.29, 1.82) is 0 Å². The Labute approximate surface area is 363 Å². The van der Waals surface area contributed by atoms with E-state index < -0.39 is 48.5 Å². The van der Waals surface area contributed by atoms with Gasteiger partial charge >= 0.3 is 12.1 Å². The summed E-state index contributed by atoms with van der Waals surface area (Å²) in [7, 11) is 1.51. The van der Waals surface area contributed by atoms with Gasteiger partial charge in [0.05, 0.1) is 24.1 Å². The number of carboxylic acids is 1. The van der Waals surface area contributed by atoms with Crippen molar-refractivity contribution >= 4 is 34.8 Å². The van der Waals surface area contributed by atoms with Crippen molar-refractivity contribution in [2.75, 3.05) is 46.3 Å². The number of nitrogens with zero attached hydrogens (tertiary/aromatic N) is 2. The Bertz CT molecular complexity index is 2460. The van der Waals surface area contributed by atoms with E-state index in [0.717, 1.165) is 49.2 Å². The van der Waals surface area contributed by atoms with Gasteiger partial charge in [-0.15, -0.1) is 0 Å². The Hall–Kier alpha value is -6.75. The number of alkyl carbamates (subject to hydrolysis) is 1. The van der Waals surface area contributed by atoms with Gasteiger partial charge in [0.1, 0.15) is 30.3 Å². The molecule has 0 saturated carbocycles. The molecular formula is C47H52N6O10. The Balaban J connectivity index is 0.878. The van der Waals surface area contributed by atoms with Crippen LogP contribution < -0.4 is 26.2 Å². The second-order valence-corrected chi connectivity index (χ2v) is 16.0. The number of carbonyl (C=O) groups is 4. The van der Waals surface area contributed by atoms with Crippen molar-refractivity contribution in [2.45, 2.75) is 50.2 Å². The second kappa shape index (κ2) is 20.4. The Kier molecular flexibility index (Phi) is 14.4. The molecule has 3 aliphatic heterocycles. The SMILES string of the molecule is CN(CCNC[C@H](O)c1ccc(O)c2[nH]c(=O)ccc12)C(=O)CC(NC(=O)c1ccc(COc2cccc(C(NC(=O)O[C@H]3CN4CCC3CC4)c3ccccc3)c2)cc1)C(=O)O. The number of likely N-dealkylation sites (N-methyl/N-ethyl adjacent to an activating group) is 1. The number of phenols is 1. The Morgan fingerprint density at radius 2 is 1.65 bits per heavy atom. The smallest absolute Gasteiger partial charge is 0.408 e. The first-order chi connectivity index (χ1) is 30.4. The van der Waals surface area contributed by atoms with Crippen LogP contribution in [-0.2, 0) is 20.9 Å². The Morgan fingerprint density at radius 1 is 0.905 bits per heavy atom. The monoisotopic (exact) mass is 860 g/mol. The number of ether oxygens (including phenoxy) is 2. The van der Waals surface area contributed by atoms with Crippen LogP contribution in [0.2, 0.25) is 0 Å². The van der Waals surface area contributed by atoms with Crippen LogP contribution in [0.15, 0.2) is 108 Å². The van der Waals surface area contributed by atoms with Gasteiger partial charge in [-0.25, -0.2) is 9.59 Å². The number of carboxylic acid groups (broad SMARTS) is 1. The van der Waals surface area contributed by atoms with Crippen LogP contribution in [0.3, 0.4) is 0 Å². The first kappa shape index (κ1) is 44.3. The summed E-state index contributed by atoms with van der Waals surface area (Å²) in [6.45, 7) is 3.57. The Morgan fingerprint density at radius 3 is 2.37 bits per heavy atom. The molecule has 0 radical (unpaired) electrons. The third kappa shape index (κ3) is 11.4. The van der Waals surface area contributed by atoms with E-state index >= 15 is 0 Å². The molecule has 4 atom stereocenters. The number of amides is 3. The second-order valence-electron chi connectivity index (χ2n) is 16.0. The van der Waals surface area contributed by atoms with Crippen molar-refractivity contribution in [3.05, 3.63) is 141 Å². The topological polar surface area (TPSA) is 223 Å². The van der Waals surface area contributed by atoms with Crippen molar-refractivity contribution in [2.24, 2.45) is 5.92 Å². The number of H-pyrrole nitrogens is 1. The summed E-state index contributed by atoms with van der Waals surface area (Å²) >= 11 is 0. The minimum atomic E-state index is -1.48. The van der Waals surface area contributed by atoms with Crippen molar-refractivity contribution in [1.82, 2.24) is 30.7 Å². The van der Waals surface area contributed by atoms with Gasteiger partial charge in [-0.2, -0.15) is 0 Å². The number of hydrogen-bond acceptors (Lipinski definition) is 11. The summed E-state index contributed by atoms with van der Waals surface area (Å²) in [5.74, 6) is -1.70. The van der Waals surface area contributed by atoms with E-state index in [4.69, 9.17) is 9.47 Å². The number of benzene rings is 4. The lowest BCUT2D eigenvalue weighted by Crippen LogP contribution is -2.52. The quantitative estimate of drug-likeness (QED) is 0.0620. The van der Waals surface area contributed by atoms with Gasteiger partial charge in [-0.3, -0.25) is 19.3 Å². The van der Waals surface area contributed by atoms with Gasteiger partial charge in [0.2, 0.25) is 11.5 Å². The zero-order chi connectivity index (χ0) is 44.5. The van der Waals surface area contributed by atoms with Crippen LogP contribution in [0.25, 0.3) is 10.9 Å². The van der Waals surface area contributed by atoms with E-state index in [-0.39, 0.29) is 54.7 Å². The molecule has 0 aliphatic carbocycles. The summed E-state index contributed by atoms with van der Waals surface area (Å²) < 4.78 is 12.1. The number of rotatable bonds is 18. The van der Waals surface area contributed by atoms with Crippen molar-refractivity contribution < 1.29 is 44.0 Å². The highest BCUT2D eigenvalue weighted by Crippen LogP contribution is 2.31. The first-order valence-corrected chi connectivity index (χ1v) is 21.0. The fraction of sp³-hybridized carbons (Fsp3) is 0.340. The fourth-order valence-electron chi connectivity index (χ4n) is 8.08. The zero-order valence-electron chi connectivity index (χ0n) is 34.9. The number of aliphatic hydroxyl groups excluding tert-OH is 1. The zero-order valence-corrected chi connectivity index (χ0v) is 34.9. The highest BCUT2D eigenvalue weighted by molar-refractivity contribution is 5.97. The highest BCUT2D eigenvalue weighted by Gasteiger charge is 2.37. The van der Waals surface area contributed by atoms with Crippen molar-refractivity contribution in [3.63, 3.8) is 0 Å². The summed E-state index contributed by atoms with van der Waals surface area (Å²) in [5, 5.41) is 39.8. The number of aliphatic carboxylic acids is 1. The van der Waals surface area contributed by atoms with E-state index in [0.29, 0.717) is 22.6 Å². The molecule has 8 rings (SSSR count). The lowest BCUT2D eigenvalue weighted by molar-refractivity contribution is -0.142. The number of hydrogen-bond donors (Lipinski definition) is 7. The average Bonchev–Trinajstić information content (AvgIpc) is 3.29. The minimum absolute atomic E-state index is 0.0962. The van der Waals surface area contributed by atoms with E-state index in [1.807, 2.05) is 54.6 Å². The summed E-state index contributed by atoms with van der Waals surface area (Å²) in [4.78, 5) is 69.4. The molecule has 3 aliphatic rings. The van der Waals surface area contributed by atoms with Gasteiger partial charge < -0.3 is 50.6 Å². The van der Waals surface area contributed by atoms with Gasteiger partial charge in [0, 0.05) is 50.2 Å². The van der Waals surface area contributed by atoms with Crippen molar-refractivity contribution in [3.8, 4) is 11.5 Å². The number of carbonyl (C=O) groups excluding carboxylic acids is 3. The number of fused-ring (bicyclic) bond motifs is 4. The number of nitrogens with one attached hydrogen (secondary N) is 4. The van der Waals surface area contributed by atoms with E-state index in [1.165, 1.54) is 30.1 Å². The maximum Gasteiger partial charge on any atom is 0.408 e. The predicted molar refractivity (Wildman–Crippen MR) is 233 cm³/mol. The van der Waals surface area contributed by atoms with E-state index in [2.05, 4.69) is 25.8 Å². The lowest BCUT2D eigenvalue weighted by Gasteiger charge is -2.43. The van der Waals surface area contributed by atoms with Gasteiger partial charge in [-0.1, -0.05) is 60.7 Å². The van der Waals surface area contributed by atoms with Crippen LogP contribution >= 0.6 is 0 Å². The third-order valence-corrected chi connectivity index (χ3v) is 11.7. The number of aromatic amines is 1. The molecule has 0 spiro atoms. The maximum atomic E-state index is 13.2. The standard InChI is InChI=1S/C47H52N6O10/c1-52(23-20-48-26-39(55)35-14-16-38(54)44-36(35)15-17-41(56)50-44)42(57)25-37(46(59)60)49-45(58)32-12-10-29(11-13-32)28-62-34-9-5-8-33(24-34)43(31-6-3-2-4-7-31)51-47(61)63-40-27-53-21-18-30(40)19-22-53/h2-17,24,30,37,39-40,43,48,54-55H,18-23,25-28H2,1H3,(H,49,58)(H,50,56)(H,51,61)(H,59,60)/t37?,39-,40-,43?/m0/s1. The molecule has 330 valence electrons. The summed E-state index contributed by atoms with van der Waals surface area (Å²) in [6.07, 6.45) is 0.00370. The molecule has 1 aromatic heterocycles. The molecular weight excluding hydrogens is 809 g/mol. The fourth-order valence-corrected chi connectivity index (χ4v) is 8.08. The molecule has 2 unspecified atom stereocenters. The van der Waals surface area contributed by atoms with Crippen LogP contribution in [-0.4, -0.2) is 112 Å². The first-order valence-electron chi connectivity index (χ1n) is 21.0. The van der Waals surface area contributed by atoms with E-state index in [9.17, 15) is 39.3 Å². The maximum absolute atomic E-state index is 13.2. The normalized spacial score (nSPS) is 18.2. The molecule has 3 fully saturated rings. The van der Waals surface area contributed by atoms with Crippen LogP contribution in [0.1, 0.15) is 64.0 Å². The lowest BCUT2D eigenvalue weighted by atomic mass is 9.86. The molecule has 4 heterocycles. The number of aliphatic hydroxyl groups is 1. The number of phenolic OH excluding ortho intramolecular Hbond substituents is 1.